The van der Waals surface area contributed by atoms with Gasteiger partial charge in [0.05, 0.1) is 16.3 Å². The van der Waals surface area contributed by atoms with Gasteiger partial charge in [-0.25, -0.2) is 0 Å². The second kappa shape index (κ2) is 8.68. The van der Waals surface area contributed by atoms with E-state index in [1.165, 1.54) is 0 Å². The maximum absolute atomic E-state index is 13.1. The summed E-state index contributed by atoms with van der Waals surface area (Å²) < 4.78 is 0. The molecule has 0 aliphatic carbocycles. The van der Waals surface area contributed by atoms with Gasteiger partial charge >= 0.3 is 0 Å². The van der Waals surface area contributed by atoms with Gasteiger partial charge in [0.15, 0.2) is 0 Å². The Morgan fingerprint density at radius 3 is 2.19 bits per heavy atom. The van der Waals surface area contributed by atoms with Crippen LogP contribution in [0.25, 0.3) is 0 Å². The Kier molecular flexibility index (Phi) is 6.82. The number of halogens is 1. The van der Waals surface area contributed by atoms with E-state index in [4.69, 9.17) is 11.6 Å². The minimum Gasteiger partial charge on any atom is -0.321 e. The Labute approximate surface area is 162 Å². The molecule has 2 aromatic rings. The number of aryl methyl sites for hydroxylation is 4. The number of hydrogen-bond donors (Lipinski definition) is 1. The number of benzene rings is 1. The molecule has 3 nitrogen and oxygen atoms in total. The fraction of sp³-hybridized carbons (Fsp3) is 0.455. The van der Waals surface area contributed by atoms with E-state index in [0.717, 1.165) is 47.3 Å². The molecule has 0 atom stereocenters. The molecule has 0 saturated carbocycles. The number of carbonyl (C=O) groups excluding carboxylic acids is 1. The van der Waals surface area contributed by atoms with E-state index in [2.05, 4.69) is 50.1 Å². The summed E-state index contributed by atoms with van der Waals surface area (Å²) in [6.45, 7) is 12.3. The first kappa shape index (κ1) is 20.4. The quantitative estimate of drug-likeness (QED) is 0.682. The zero-order valence-corrected chi connectivity index (χ0v) is 17.4. The van der Waals surface area contributed by atoms with Gasteiger partial charge < -0.3 is 5.32 Å². The van der Waals surface area contributed by atoms with Crippen molar-refractivity contribution >= 4 is 23.2 Å². The monoisotopic (exact) mass is 372 g/mol. The molecule has 0 aliphatic rings. The van der Waals surface area contributed by atoms with Gasteiger partial charge in [-0.2, -0.15) is 0 Å². The molecule has 0 fully saturated rings. The van der Waals surface area contributed by atoms with Crippen molar-refractivity contribution in [3.63, 3.8) is 0 Å². The number of pyridine rings is 1. The van der Waals surface area contributed by atoms with E-state index in [1.54, 1.807) is 0 Å². The predicted octanol–water partition coefficient (Wildman–Crippen LogP) is 5.93. The number of rotatable bonds is 6. The third kappa shape index (κ3) is 4.27. The van der Waals surface area contributed by atoms with Gasteiger partial charge in [-0.3, -0.25) is 9.78 Å². The van der Waals surface area contributed by atoms with Crippen molar-refractivity contribution in [3.8, 4) is 0 Å². The van der Waals surface area contributed by atoms with Crippen molar-refractivity contribution < 1.29 is 4.79 Å². The molecule has 0 spiro atoms. The van der Waals surface area contributed by atoms with Crippen molar-refractivity contribution in [2.75, 3.05) is 5.32 Å². The fourth-order valence-corrected chi connectivity index (χ4v) is 3.77. The highest BCUT2D eigenvalue weighted by atomic mass is 35.5. The molecule has 1 N–H and O–H groups in total. The van der Waals surface area contributed by atoms with Gasteiger partial charge in [0.1, 0.15) is 0 Å². The van der Waals surface area contributed by atoms with Crippen molar-refractivity contribution in [2.45, 2.75) is 60.8 Å². The molecule has 1 aromatic carbocycles. The van der Waals surface area contributed by atoms with E-state index in [-0.39, 0.29) is 5.91 Å². The lowest BCUT2D eigenvalue weighted by atomic mass is 9.98. The molecule has 0 bridgehead atoms. The highest BCUT2D eigenvalue weighted by Gasteiger charge is 2.22. The van der Waals surface area contributed by atoms with Crippen molar-refractivity contribution in [1.29, 1.82) is 0 Å². The van der Waals surface area contributed by atoms with Crippen LogP contribution in [0.4, 0.5) is 5.69 Å². The van der Waals surface area contributed by atoms with E-state index in [1.807, 2.05) is 19.9 Å². The maximum Gasteiger partial charge on any atom is 0.259 e. The van der Waals surface area contributed by atoms with Gasteiger partial charge in [0.25, 0.3) is 5.91 Å². The molecular formula is C22H29ClN2O. The van der Waals surface area contributed by atoms with Crippen LogP contribution in [0.3, 0.4) is 0 Å². The lowest BCUT2D eigenvalue weighted by molar-refractivity contribution is 0.102. The van der Waals surface area contributed by atoms with Gasteiger partial charge in [-0.15, -0.1) is 0 Å². The van der Waals surface area contributed by atoms with Crippen LogP contribution < -0.4 is 5.32 Å². The first-order valence-electron chi connectivity index (χ1n) is 9.37. The minimum atomic E-state index is -0.180. The van der Waals surface area contributed by atoms with Crippen molar-refractivity contribution in [2.24, 2.45) is 5.92 Å². The number of aromatic nitrogens is 1. The van der Waals surface area contributed by atoms with Crippen LogP contribution in [-0.2, 0) is 19.3 Å². The Bertz CT molecular complexity index is 790. The SMILES string of the molecule is CCc1cccc(CC)c1NC(=O)c1c(C)nc(C)c(CC(C)C)c1Cl. The number of amides is 1. The highest BCUT2D eigenvalue weighted by Crippen LogP contribution is 2.30. The Hall–Kier alpha value is -1.87. The molecule has 1 heterocycles. The molecular weight excluding hydrogens is 344 g/mol. The normalized spacial score (nSPS) is 11.1. The zero-order chi connectivity index (χ0) is 19.4. The van der Waals surface area contributed by atoms with Gasteiger partial charge in [0, 0.05) is 11.4 Å². The number of carbonyl (C=O) groups is 1. The molecule has 0 aliphatic heterocycles. The molecule has 1 amide bonds. The maximum atomic E-state index is 13.1. The molecule has 140 valence electrons. The summed E-state index contributed by atoms with van der Waals surface area (Å²) in [6.07, 6.45) is 2.53. The second-order valence-electron chi connectivity index (χ2n) is 7.16. The lowest BCUT2D eigenvalue weighted by Gasteiger charge is -2.18. The van der Waals surface area contributed by atoms with Crippen LogP contribution in [0.15, 0.2) is 18.2 Å². The van der Waals surface area contributed by atoms with Crippen LogP contribution in [-0.4, -0.2) is 10.9 Å². The number of para-hydroxylation sites is 1. The fourth-order valence-electron chi connectivity index (χ4n) is 3.33. The van der Waals surface area contributed by atoms with Crippen molar-refractivity contribution in [1.82, 2.24) is 4.98 Å². The third-order valence-corrected chi connectivity index (χ3v) is 5.11. The molecule has 26 heavy (non-hydrogen) atoms. The molecule has 0 saturated heterocycles. The molecule has 2 rings (SSSR count). The Balaban J connectivity index is 2.49. The summed E-state index contributed by atoms with van der Waals surface area (Å²) in [5, 5.41) is 3.65. The molecule has 4 heteroatoms. The highest BCUT2D eigenvalue weighted by molar-refractivity contribution is 6.35. The van der Waals surface area contributed by atoms with Crippen LogP contribution in [0.1, 0.15) is 66.1 Å². The average Bonchev–Trinajstić information content (AvgIpc) is 2.58. The predicted molar refractivity (Wildman–Crippen MR) is 110 cm³/mol. The first-order chi connectivity index (χ1) is 12.3. The summed E-state index contributed by atoms with van der Waals surface area (Å²) in [5.74, 6) is 0.264. The molecule has 0 radical (unpaired) electrons. The summed E-state index contributed by atoms with van der Waals surface area (Å²) in [4.78, 5) is 17.7. The van der Waals surface area contributed by atoms with Crippen LogP contribution >= 0.6 is 11.6 Å². The number of nitrogens with one attached hydrogen (secondary N) is 1. The number of nitrogens with zero attached hydrogens (tertiary/aromatic N) is 1. The topological polar surface area (TPSA) is 42.0 Å². The average molecular weight is 373 g/mol. The van der Waals surface area contributed by atoms with E-state index >= 15 is 0 Å². The number of anilines is 1. The first-order valence-corrected chi connectivity index (χ1v) is 9.75. The molecule has 0 unspecified atom stereocenters. The van der Waals surface area contributed by atoms with Crippen LogP contribution in [0, 0.1) is 19.8 Å². The van der Waals surface area contributed by atoms with Crippen LogP contribution in [0.2, 0.25) is 5.02 Å². The summed E-state index contributed by atoms with van der Waals surface area (Å²) in [5.41, 5.74) is 6.20. The van der Waals surface area contributed by atoms with Gasteiger partial charge in [-0.1, -0.05) is 57.5 Å². The van der Waals surface area contributed by atoms with Crippen molar-refractivity contribution in [3.05, 3.63) is 56.9 Å². The largest absolute Gasteiger partial charge is 0.321 e. The second-order valence-corrected chi connectivity index (χ2v) is 7.54. The molecule has 1 aromatic heterocycles. The number of hydrogen-bond acceptors (Lipinski definition) is 2. The van der Waals surface area contributed by atoms with E-state index < -0.39 is 0 Å². The minimum absolute atomic E-state index is 0.180. The summed E-state index contributed by atoms with van der Waals surface area (Å²) >= 11 is 6.67. The third-order valence-electron chi connectivity index (χ3n) is 4.70. The van der Waals surface area contributed by atoms with Gasteiger partial charge in [0.2, 0.25) is 0 Å². The van der Waals surface area contributed by atoms with E-state index in [0.29, 0.717) is 22.2 Å². The van der Waals surface area contributed by atoms with Crippen LogP contribution in [0.5, 0.6) is 0 Å². The summed E-state index contributed by atoms with van der Waals surface area (Å²) in [7, 11) is 0. The Morgan fingerprint density at radius 2 is 1.69 bits per heavy atom. The van der Waals surface area contributed by atoms with E-state index in [9.17, 15) is 4.79 Å². The van der Waals surface area contributed by atoms with Gasteiger partial charge in [-0.05, 0) is 55.7 Å². The standard InChI is InChI=1S/C22H29ClN2O/c1-7-16-10-9-11-17(8-2)21(16)25-22(26)19-15(6)24-14(5)18(20(19)23)12-13(3)4/h9-11,13H,7-8,12H2,1-6H3,(H,25,26). The smallest absolute Gasteiger partial charge is 0.259 e. The lowest BCUT2D eigenvalue weighted by Crippen LogP contribution is -2.19. The Morgan fingerprint density at radius 1 is 1.12 bits per heavy atom. The summed E-state index contributed by atoms with van der Waals surface area (Å²) in [6, 6.07) is 6.15. The zero-order valence-electron chi connectivity index (χ0n) is 16.7.